The standard InChI is InChI=1S/C17H25N3O4S/c1-4-24-17(23)13-11(3)14(15(18)22)25-16(13)19-12(21)9-20-8-6-5-7-10(20)2/h10H,4-9H2,1-3H3,(H2,18,22)(H,19,21)/t10-/m1/s1. The summed E-state index contributed by atoms with van der Waals surface area (Å²) in [6.07, 6.45) is 3.33. The van der Waals surface area contributed by atoms with E-state index in [2.05, 4.69) is 17.1 Å². The maximum absolute atomic E-state index is 12.4. The fourth-order valence-electron chi connectivity index (χ4n) is 3.03. The molecule has 2 heterocycles. The summed E-state index contributed by atoms with van der Waals surface area (Å²) in [7, 11) is 0. The number of piperidine rings is 1. The van der Waals surface area contributed by atoms with Gasteiger partial charge in [-0.25, -0.2) is 4.79 Å². The van der Waals surface area contributed by atoms with Gasteiger partial charge >= 0.3 is 5.97 Å². The number of primary amides is 1. The van der Waals surface area contributed by atoms with E-state index in [0.717, 1.165) is 30.7 Å². The minimum absolute atomic E-state index is 0.207. The molecule has 0 aromatic carbocycles. The van der Waals surface area contributed by atoms with Crippen molar-refractivity contribution in [3.8, 4) is 0 Å². The third kappa shape index (κ3) is 4.58. The molecule has 2 amide bonds. The van der Waals surface area contributed by atoms with Crippen LogP contribution >= 0.6 is 11.3 Å². The molecule has 1 fully saturated rings. The molecule has 1 aliphatic rings. The van der Waals surface area contributed by atoms with E-state index in [4.69, 9.17) is 10.5 Å². The quantitative estimate of drug-likeness (QED) is 0.750. The molecule has 0 aliphatic carbocycles. The summed E-state index contributed by atoms with van der Waals surface area (Å²) >= 11 is 1.01. The van der Waals surface area contributed by atoms with E-state index in [1.165, 1.54) is 6.42 Å². The Morgan fingerprint density at radius 1 is 1.36 bits per heavy atom. The number of hydrogen-bond donors (Lipinski definition) is 2. The molecule has 7 nitrogen and oxygen atoms in total. The molecule has 0 bridgehead atoms. The van der Waals surface area contributed by atoms with Crippen molar-refractivity contribution >= 4 is 34.1 Å². The van der Waals surface area contributed by atoms with E-state index < -0.39 is 11.9 Å². The Morgan fingerprint density at radius 3 is 2.68 bits per heavy atom. The van der Waals surface area contributed by atoms with E-state index in [9.17, 15) is 14.4 Å². The lowest BCUT2D eigenvalue weighted by molar-refractivity contribution is -0.118. The van der Waals surface area contributed by atoms with E-state index in [1.807, 2.05) is 0 Å². The summed E-state index contributed by atoms with van der Waals surface area (Å²) in [6, 6.07) is 0.357. The van der Waals surface area contributed by atoms with Gasteiger partial charge < -0.3 is 15.8 Å². The van der Waals surface area contributed by atoms with Crippen molar-refractivity contribution in [2.75, 3.05) is 25.0 Å². The average Bonchev–Trinajstić information content (AvgIpc) is 2.86. The summed E-state index contributed by atoms with van der Waals surface area (Å²) < 4.78 is 5.04. The van der Waals surface area contributed by atoms with Crippen molar-refractivity contribution < 1.29 is 19.1 Å². The van der Waals surface area contributed by atoms with Gasteiger partial charge in [0.15, 0.2) is 0 Å². The van der Waals surface area contributed by atoms with Gasteiger partial charge in [-0.05, 0) is 45.7 Å². The third-order valence-electron chi connectivity index (χ3n) is 4.39. The monoisotopic (exact) mass is 367 g/mol. The highest BCUT2D eigenvalue weighted by Gasteiger charge is 2.27. The second-order valence-electron chi connectivity index (χ2n) is 6.21. The van der Waals surface area contributed by atoms with Gasteiger partial charge in [0.2, 0.25) is 5.91 Å². The maximum Gasteiger partial charge on any atom is 0.341 e. The highest BCUT2D eigenvalue weighted by molar-refractivity contribution is 7.18. The Bertz CT molecular complexity index is 671. The number of thiophene rings is 1. The number of carbonyl (C=O) groups excluding carboxylic acids is 3. The minimum atomic E-state index is -0.627. The Labute approximate surface area is 151 Å². The van der Waals surface area contributed by atoms with E-state index in [-0.39, 0.29) is 29.5 Å². The topological polar surface area (TPSA) is 102 Å². The molecule has 8 heteroatoms. The van der Waals surface area contributed by atoms with Crippen molar-refractivity contribution in [3.63, 3.8) is 0 Å². The molecule has 25 heavy (non-hydrogen) atoms. The molecule has 1 aromatic rings. The predicted octanol–water partition coefficient (Wildman–Crippen LogP) is 2.15. The molecule has 2 rings (SSSR count). The first-order valence-electron chi connectivity index (χ1n) is 8.49. The van der Waals surface area contributed by atoms with Crippen molar-refractivity contribution in [3.05, 3.63) is 16.0 Å². The van der Waals surface area contributed by atoms with Crippen LogP contribution in [0.3, 0.4) is 0 Å². The normalized spacial score (nSPS) is 18.0. The second kappa shape index (κ2) is 8.44. The van der Waals surface area contributed by atoms with Crippen LogP contribution in [-0.2, 0) is 9.53 Å². The zero-order chi connectivity index (χ0) is 18.6. The molecular weight excluding hydrogens is 342 g/mol. The smallest absolute Gasteiger partial charge is 0.341 e. The largest absolute Gasteiger partial charge is 0.462 e. The van der Waals surface area contributed by atoms with E-state index >= 15 is 0 Å². The molecular formula is C17H25N3O4S. The molecule has 0 spiro atoms. The summed E-state index contributed by atoms with van der Waals surface area (Å²) in [5.41, 5.74) is 6.02. The Balaban J connectivity index is 2.19. The van der Waals surface area contributed by atoms with Gasteiger partial charge in [0.05, 0.1) is 23.6 Å². The number of likely N-dealkylation sites (tertiary alicyclic amines) is 1. The summed E-state index contributed by atoms with van der Waals surface area (Å²) in [4.78, 5) is 38.6. The van der Waals surface area contributed by atoms with Crippen LogP contribution in [-0.4, -0.2) is 48.4 Å². The van der Waals surface area contributed by atoms with Crippen molar-refractivity contribution in [1.29, 1.82) is 0 Å². The number of nitrogens with zero attached hydrogens (tertiary/aromatic N) is 1. The van der Waals surface area contributed by atoms with Gasteiger partial charge in [-0.15, -0.1) is 11.3 Å². The van der Waals surface area contributed by atoms with Crippen LogP contribution in [0.4, 0.5) is 5.00 Å². The van der Waals surface area contributed by atoms with Crippen molar-refractivity contribution in [2.45, 2.75) is 46.1 Å². The fraction of sp³-hybridized carbons (Fsp3) is 0.588. The SMILES string of the molecule is CCOC(=O)c1c(NC(=O)CN2CCCC[C@H]2C)sc(C(N)=O)c1C. The minimum Gasteiger partial charge on any atom is -0.462 e. The zero-order valence-corrected chi connectivity index (χ0v) is 15.7. The zero-order valence-electron chi connectivity index (χ0n) is 14.9. The van der Waals surface area contributed by atoms with Crippen LogP contribution in [0.25, 0.3) is 0 Å². The van der Waals surface area contributed by atoms with Gasteiger partial charge in [0.25, 0.3) is 5.91 Å². The molecule has 3 N–H and O–H groups in total. The van der Waals surface area contributed by atoms with E-state index in [1.54, 1.807) is 13.8 Å². The highest BCUT2D eigenvalue weighted by Crippen LogP contribution is 2.33. The molecule has 1 aromatic heterocycles. The number of carbonyl (C=O) groups is 3. The number of hydrogen-bond acceptors (Lipinski definition) is 6. The van der Waals surface area contributed by atoms with Crippen LogP contribution in [0.2, 0.25) is 0 Å². The Morgan fingerprint density at radius 2 is 2.08 bits per heavy atom. The molecule has 0 unspecified atom stereocenters. The maximum atomic E-state index is 12.4. The molecule has 0 saturated carbocycles. The molecule has 1 aliphatic heterocycles. The average molecular weight is 367 g/mol. The van der Waals surface area contributed by atoms with Gasteiger partial charge in [0, 0.05) is 6.04 Å². The number of anilines is 1. The second-order valence-corrected chi connectivity index (χ2v) is 7.23. The number of amides is 2. The van der Waals surface area contributed by atoms with Crippen LogP contribution in [0.15, 0.2) is 0 Å². The molecule has 0 radical (unpaired) electrons. The van der Waals surface area contributed by atoms with Crippen LogP contribution in [0.1, 0.15) is 58.7 Å². The first-order chi connectivity index (χ1) is 11.8. The number of ether oxygens (including phenoxy) is 1. The van der Waals surface area contributed by atoms with Crippen LogP contribution in [0.5, 0.6) is 0 Å². The van der Waals surface area contributed by atoms with Crippen molar-refractivity contribution in [2.24, 2.45) is 5.73 Å². The first-order valence-corrected chi connectivity index (χ1v) is 9.31. The number of nitrogens with one attached hydrogen (secondary N) is 1. The molecule has 138 valence electrons. The number of nitrogens with two attached hydrogens (primary N) is 1. The Hall–Kier alpha value is -1.93. The summed E-state index contributed by atoms with van der Waals surface area (Å²) in [5.74, 6) is -1.40. The van der Waals surface area contributed by atoms with E-state index in [0.29, 0.717) is 16.6 Å². The van der Waals surface area contributed by atoms with Gasteiger partial charge in [-0.3, -0.25) is 14.5 Å². The lowest BCUT2D eigenvalue weighted by Crippen LogP contribution is -2.42. The Kier molecular flexibility index (Phi) is 6.55. The van der Waals surface area contributed by atoms with Gasteiger partial charge in [0.1, 0.15) is 5.00 Å². The molecule has 1 saturated heterocycles. The van der Waals surface area contributed by atoms with Gasteiger partial charge in [-0.2, -0.15) is 0 Å². The predicted molar refractivity (Wildman–Crippen MR) is 97.0 cm³/mol. The first kappa shape index (κ1) is 19.4. The van der Waals surface area contributed by atoms with Crippen molar-refractivity contribution in [1.82, 2.24) is 4.90 Å². The number of rotatable bonds is 6. The molecule has 1 atom stereocenters. The highest BCUT2D eigenvalue weighted by atomic mass is 32.1. The van der Waals surface area contributed by atoms with Gasteiger partial charge in [-0.1, -0.05) is 6.42 Å². The van der Waals surface area contributed by atoms with Crippen LogP contribution < -0.4 is 11.1 Å². The summed E-state index contributed by atoms with van der Waals surface area (Å²) in [5, 5.41) is 3.08. The number of esters is 1. The fourth-order valence-corrected chi connectivity index (χ4v) is 4.09. The lowest BCUT2D eigenvalue weighted by Gasteiger charge is -2.32. The third-order valence-corrected chi connectivity index (χ3v) is 5.61. The lowest BCUT2D eigenvalue weighted by atomic mass is 10.0. The van der Waals surface area contributed by atoms with Crippen LogP contribution in [0, 0.1) is 6.92 Å². The summed E-state index contributed by atoms with van der Waals surface area (Å²) in [6.45, 7) is 6.78.